The van der Waals surface area contributed by atoms with Crippen molar-refractivity contribution in [1.29, 1.82) is 0 Å². The number of hydrogen-bond donors (Lipinski definition) is 0. The Kier molecular flexibility index (Phi) is 8.31. The van der Waals surface area contributed by atoms with E-state index in [1.807, 2.05) is 0 Å². The van der Waals surface area contributed by atoms with E-state index in [2.05, 4.69) is 4.52 Å². The molecule has 25 heavy (non-hydrogen) atoms. The third-order valence-corrected chi connectivity index (χ3v) is 27.6. The molecule has 0 spiro atoms. The van der Waals surface area contributed by atoms with Crippen molar-refractivity contribution in [3.63, 3.8) is 0 Å². The summed E-state index contributed by atoms with van der Waals surface area (Å²) in [5.41, 5.74) is 0. The van der Waals surface area contributed by atoms with Gasteiger partial charge in [0.25, 0.3) is 0 Å². The van der Waals surface area contributed by atoms with Crippen molar-refractivity contribution in [2.24, 2.45) is 4.52 Å². The summed E-state index contributed by atoms with van der Waals surface area (Å²) in [5, 5.41) is 0. The molecule has 1 heterocycles. The van der Waals surface area contributed by atoms with E-state index >= 15 is 0 Å². The molecule has 5 nitrogen and oxygen atoms in total. The van der Waals surface area contributed by atoms with Crippen molar-refractivity contribution in [3.05, 3.63) is 30.3 Å². The van der Waals surface area contributed by atoms with Gasteiger partial charge in [0.05, 0.1) is 0 Å². The normalized spacial score (nSPS) is 31.0. The maximum atomic E-state index is 6.45. The summed E-state index contributed by atoms with van der Waals surface area (Å²) in [6, 6.07) is 8.26. The van der Waals surface area contributed by atoms with E-state index in [4.69, 9.17) is 118 Å². The molecule has 1 aliphatic rings. The van der Waals surface area contributed by atoms with E-state index < -0.39 is 24.7 Å². The van der Waals surface area contributed by atoms with Gasteiger partial charge in [0, 0.05) is 0 Å². The van der Waals surface area contributed by atoms with Crippen molar-refractivity contribution in [2.45, 2.75) is 0 Å². The molecule has 19 heteroatoms. The number of nitrogens with zero attached hydrogens (tertiary/aromatic N) is 4. The van der Waals surface area contributed by atoms with Gasteiger partial charge in [0.1, 0.15) is 0 Å². The summed E-state index contributed by atoms with van der Waals surface area (Å²) < 4.78 is 6.04. The summed E-state index contributed by atoms with van der Waals surface area (Å²) in [5.74, 6) is -3.42. The van der Waals surface area contributed by atoms with Gasteiger partial charge in [-0.1, -0.05) is 0 Å². The third kappa shape index (κ3) is 5.15. The van der Waals surface area contributed by atoms with Crippen LogP contribution in [0.25, 0.3) is 0 Å². The fourth-order valence-electron chi connectivity index (χ4n) is 1.40. The Morgan fingerprint density at radius 2 is 1.60 bits per heavy atom. The number of hydrogen-bond acceptors (Lipinski definition) is 5. The standard InChI is InChI=1S/C6H5Cl10N4OP4/c7-18-22(9)17-23(10,11)20(21-6-4-2-1-3-5-6)25(14,15,16)19(8)24(18,12)13/h1-5H/q+1. The van der Waals surface area contributed by atoms with Crippen LogP contribution in [0.4, 0.5) is 0 Å². The molecule has 0 fully saturated rings. The second-order valence-electron chi connectivity index (χ2n) is 4.11. The Morgan fingerprint density at radius 3 is 2.12 bits per heavy atom. The monoisotopic (exact) mass is 623 g/mol. The Bertz CT molecular complexity index is 696. The van der Waals surface area contributed by atoms with Gasteiger partial charge in [-0.2, -0.15) is 0 Å². The van der Waals surface area contributed by atoms with Crippen molar-refractivity contribution in [1.82, 2.24) is 12.5 Å². The molecule has 2 rings (SSSR count). The number of rotatable bonds is 2. The van der Waals surface area contributed by atoms with E-state index in [0.29, 0.717) is 8.56 Å². The van der Waals surface area contributed by atoms with Crippen LogP contribution in [0.5, 0.6) is 5.75 Å². The first-order valence-corrected chi connectivity index (χ1v) is 20.3. The van der Waals surface area contributed by atoms with Gasteiger partial charge < -0.3 is 0 Å². The van der Waals surface area contributed by atoms with E-state index in [0.717, 1.165) is 3.96 Å². The van der Waals surface area contributed by atoms with Crippen molar-refractivity contribution >= 4 is 138 Å². The van der Waals surface area contributed by atoms with E-state index in [1.54, 1.807) is 30.3 Å². The zero-order valence-electron chi connectivity index (χ0n) is 11.2. The molecule has 1 aliphatic heterocycles. The van der Waals surface area contributed by atoms with Crippen molar-refractivity contribution < 1.29 is 4.84 Å². The topological polar surface area (TPSA) is 31.3 Å². The number of para-hydroxylation sites is 1. The second kappa shape index (κ2) is 8.45. The van der Waals surface area contributed by atoms with Crippen LogP contribution in [-0.4, -0.2) is 12.5 Å². The number of benzene rings is 1. The molecule has 0 radical (unpaired) electrons. The summed E-state index contributed by atoms with van der Waals surface area (Å²) in [6.07, 6.45) is -3.65. The van der Waals surface area contributed by atoms with Crippen LogP contribution in [0.3, 0.4) is 0 Å². The van der Waals surface area contributed by atoms with Gasteiger partial charge in [0.2, 0.25) is 0 Å². The van der Waals surface area contributed by atoms with Crippen LogP contribution in [0.15, 0.2) is 34.8 Å². The number of halogens is 10. The Labute approximate surface area is 194 Å². The van der Waals surface area contributed by atoms with Crippen LogP contribution in [0, 0.1) is 0 Å². The molecule has 0 saturated heterocycles. The molecular weight excluding hydrogens is 623 g/mol. The molecule has 1 unspecified atom stereocenters. The van der Waals surface area contributed by atoms with E-state index in [1.165, 1.54) is 0 Å². The van der Waals surface area contributed by atoms with Gasteiger partial charge in [-0.15, -0.1) is 0 Å². The Balaban J connectivity index is 2.69. The molecule has 0 aliphatic carbocycles. The average molecular weight is 628 g/mol. The first-order valence-electron chi connectivity index (χ1n) is 5.59. The molecule has 144 valence electrons. The fourth-order valence-corrected chi connectivity index (χ4v) is 29.6. The van der Waals surface area contributed by atoms with Gasteiger partial charge in [0.15, 0.2) is 0 Å². The average Bonchev–Trinajstić information content (AvgIpc) is 2.50. The Morgan fingerprint density at radius 1 is 1.08 bits per heavy atom. The summed E-state index contributed by atoms with van der Waals surface area (Å²) >= 11 is 62.8. The summed E-state index contributed by atoms with van der Waals surface area (Å²) in [7, 11) is -2.10. The molecule has 0 saturated carbocycles. The first-order chi connectivity index (χ1) is 11.2. The van der Waals surface area contributed by atoms with Crippen molar-refractivity contribution in [3.8, 4) is 5.75 Å². The third-order valence-electron chi connectivity index (χ3n) is 2.38. The molecule has 0 N–H and O–H groups in total. The fraction of sp³-hybridized carbons (Fsp3) is 0. The minimum atomic E-state index is -5.00. The Hall–Kier alpha value is 3.32. The summed E-state index contributed by atoms with van der Waals surface area (Å²) in [6.45, 7) is 0. The molecule has 1 aromatic carbocycles. The predicted molar refractivity (Wildman–Crippen MR) is 121 cm³/mol. The molecule has 1 aromatic rings. The van der Waals surface area contributed by atoms with Crippen LogP contribution < -0.4 is 4.84 Å². The van der Waals surface area contributed by atoms with Crippen LogP contribution in [-0.2, 0) is 0 Å². The van der Waals surface area contributed by atoms with Crippen LogP contribution in [0.1, 0.15) is 0 Å². The van der Waals surface area contributed by atoms with E-state index in [9.17, 15) is 0 Å². The quantitative estimate of drug-likeness (QED) is 0.241. The molecule has 1 atom stereocenters. The predicted octanol–water partition coefficient (Wildman–Crippen LogP) is 11.1. The minimum absolute atomic E-state index is 0.250. The maximum absolute atomic E-state index is 6.45. The molecule has 0 amide bonds. The molecule has 0 aromatic heterocycles. The van der Waals surface area contributed by atoms with Crippen LogP contribution in [0.2, 0.25) is 0 Å². The first kappa shape index (κ1) is 24.6. The summed E-state index contributed by atoms with van der Waals surface area (Å²) in [4.78, 5) is 0.626. The van der Waals surface area contributed by atoms with Gasteiger partial charge in [-0.25, -0.2) is 0 Å². The van der Waals surface area contributed by atoms with Gasteiger partial charge >= 0.3 is 196 Å². The van der Waals surface area contributed by atoms with Crippen molar-refractivity contribution in [2.75, 3.05) is 0 Å². The van der Waals surface area contributed by atoms with E-state index in [-0.39, 0.29) is 5.75 Å². The molecular formula is C6H5Cl10N4OP4+. The van der Waals surface area contributed by atoms with Gasteiger partial charge in [-0.3, -0.25) is 0 Å². The molecule has 0 bridgehead atoms. The van der Waals surface area contributed by atoms with Gasteiger partial charge in [-0.05, 0) is 0 Å². The zero-order chi connectivity index (χ0) is 19.3. The van der Waals surface area contributed by atoms with Crippen LogP contribution >= 0.6 is 138 Å². The second-order valence-corrected chi connectivity index (χ2v) is 28.4. The zero-order valence-corrected chi connectivity index (χ0v) is 22.3. The SMILES string of the molecule is ClN1P(Cl)N=P(Cl)(Cl)N(Oc2ccccc2)P(Cl)(Cl)(Cl)N(Cl)[P+]1(Cl)Cl.